The van der Waals surface area contributed by atoms with Crippen molar-refractivity contribution in [3.63, 3.8) is 0 Å². The molecule has 8 heteroatoms. The molecule has 0 amide bonds. The number of nitrogens with zero attached hydrogens (tertiary/aromatic N) is 5. The third-order valence-corrected chi connectivity index (χ3v) is 3.55. The molecule has 1 saturated heterocycles. The summed E-state index contributed by atoms with van der Waals surface area (Å²) >= 11 is 0. The van der Waals surface area contributed by atoms with Crippen LogP contribution in [0.15, 0.2) is 24.5 Å². The average Bonchev–Trinajstić information content (AvgIpc) is 2.62. The van der Waals surface area contributed by atoms with Gasteiger partial charge in [-0.25, -0.2) is 0 Å². The molecule has 2 aromatic heterocycles. The van der Waals surface area contributed by atoms with Gasteiger partial charge in [0, 0.05) is 12.7 Å². The fourth-order valence-electron chi connectivity index (χ4n) is 2.48. The quantitative estimate of drug-likeness (QED) is 0.817. The second-order valence-electron chi connectivity index (χ2n) is 5.13. The first-order valence-electron chi connectivity index (χ1n) is 7.44. The molecule has 1 aliphatic heterocycles. The van der Waals surface area contributed by atoms with Crippen LogP contribution in [0.2, 0.25) is 0 Å². The predicted molar refractivity (Wildman–Crippen MR) is 83.0 cm³/mol. The van der Waals surface area contributed by atoms with E-state index in [2.05, 4.69) is 24.8 Å². The van der Waals surface area contributed by atoms with Crippen LogP contribution in [0.25, 0.3) is 0 Å². The van der Waals surface area contributed by atoms with Gasteiger partial charge in [-0.15, -0.1) is 4.98 Å². The van der Waals surface area contributed by atoms with Crippen molar-refractivity contribution in [2.45, 2.75) is 18.9 Å². The molecule has 0 N–H and O–H groups in total. The number of aromatic nitrogens is 4. The van der Waals surface area contributed by atoms with E-state index in [0.717, 1.165) is 25.1 Å². The van der Waals surface area contributed by atoms with Gasteiger partial charge < -0.3 is 19.1 Å². The number of hydrogen-bond acceptors (Lipinski definition) is 8. The maximum absolute atomic E-state index is 5.98. The Balaban J connectivity index is 1.73. The van der Waals surface area contributed by atoms with E-state index in [1.165, 1.54) is 14.2 Å². The number of piperidine rings is 1. The Bertz CT molecular complexity index is 618. The minimum atomic E-state index is 0.0571. The number of rotatable bonds is 5. The average molecular weight is 317 g/mol. The van der Waals surface area contributed by atoms with Crippen LogP contribution in [0, 0.1) is 0 Å². The third-order valence-electron chi connectivity index (χ3n) is 3.55. The number of pyridine rings is 1. The van der Waals surface area contributed by atoms with E-state index in [4.69, 9.17) is 14.2 Å². The highest BCUT2D eigenvalue weighted by Crippen LogP contribution is 2.22. The van der Waals surface area contributed by atoms with Crippen LogP contribution in [-0.2, 0) is 0 Å². The Hall–Kier alpha value is -2.64. The van der Waals surface area contributed by atoms with Crippen molar-refractivity contribution in [3.05, 3.63) is 24.5 Å². The molecular formula is C15H19N5O3. The van der Waals surface area contributed by atoms with Gasteiger partial charge in [-0.05, 0) is 25.0 Å². The van der Waals surface area contributed by atoms with Crippen molar-refractivity contribution >= 4 is 5.95 Å². The summed E-state index contributed by atoms with van der Waals surface area (Å²) in [6.07, 6.45) is 5.46. The van der Waals surface area contributed by atoms with E-state index in [0.29, 0.717) is 12.5 Å². The molecule has 3 heterocycles. The Morgan fingerprint density at radius 1 is 1.13 bits per heavy atom. The van der Waals surface area contributed by atoms with Gasteiger partial charge in [-0.1, -0.05) is 0 Å². The Morgan fingerprint density at radius 3 is 2.57 bits per heavy atom. The minimum absolute atomic E-state index is 0.0571. The van der Waals surface area contributed by atoms with Crippen LogP contribution < -0.4 is 19.1 Å². The molecular weight excluding hydrogens is 298 g/mol. The molecule has 0 bridgehead atoms. The second kappa shape index (κ2) is 7.08. The van der Waals surface area contributed by atoms with Gasteiger partial charge in [0.1, 0.15) is 11.9 Å². The molecule has 0 radical (unpaired) electrons. The van der Waals surface area contributed by atoms with Crippen molar-refractivity contribution in [2.75, 3.05) is 32.2 Å². The van der Waals surface area contributed by atoms with Crippen molar-refractivity contribution < 1.29 is 14.2 Å². The largest absolute Gasteiger partial charge is 0.487 e. The van der Waals surface area contributed by atoms with Gasteiger partial charge in [0.2, 0.25) is 5.95 Å². The highest BCUT2D eigenvalue weighted by molar-refractivity contribution is 5.33. The van der Waals surface area contributed by atoms with E-state index >= 15 is 0 Å². The summed E-state index contributed by atoms with van der Waals surface area (Å²) in [5.41, 5.74) is 0. The van der Waals surface area contributed by atoms with Crippen LogP contribution in [-0.4, -0.2) is 53.3 Å². The van der Waals surface area contributed by atoms with Crippen LogP contribution in [0.3, 0.4) is 0 Å². The lowest BCUT2D eigenvalue weighted by Gasteiger charge is -2.32. The topological polar surface area (TPSA) is 82.5 Å². The van der Waals surface area contributed by atoms with Crippen LogP contribution in [0.5, 0.6) is 17.8 Å². The number of ether oxygens (including phenoxy) is 3. The summed E-state index contributed by atoms with van der Waals surface area (Å²) in [6.45, 7) is 1.54. The number of methoxy groups -OCH3 is 2. The summed E-state index contributed by atoms with van der Waals surface area (Å²) < 4.78 is 16.2. The van der Waals surface area contributed by atoms with Gasteiger partial charge in [-0.3, -0.25) is 4.98 Å². The third kappa shape index (κ3) is 3.77. The van der Waals surface area contributed by atoms with Crippen LogP contribution in [0.4, 0.5) is 5.95 Å². The van der Waals surface area contributed by atoms with Crippen LogP contribution >= 0.6 is 0 Å². The van der Waals surface area contributed by atoms with Gasteiger partial charge in [0.25, 0.3) is 0 Å². The SMILES string of the molecule is COc1nc(OC)nc(N2CCCC(Oc3cccnc3)C2)n1. The lowest BCUT2D eigenvalue weighted by atomic mass is 10.1. The van der Waals surface area contributed by atoms with Gasteiger partial charge in [0.15, 0.2) is 0 Å². The zero-order valence-electron chi connectivity index (χ0n) is 13.2. The normalized spacial score (nSPS) is 17.7. The van der Waals surface area contributed by atoms with E-state index in [-0.39, 0.29) is 18.1 Å². The fraction of sp³-hybridized carbons (Fsp3) is 0.467. The minimum Gasteiger partial charge on any atom is -0.487 e. The van der Waals surface area contributed by atoms with Crippen molar-refractivity contribution in [3.8, 4) is 17.8 Å². The molecule has 0 aliphatic carbocycles. The Kier molecular flexibility index (Phi) is 4.70. The highest BCUT2D eigenvalue weighted by atomic mass is 16.5. The molecule has 1 aliphatic rings. The zero-order chi connectivity index (χ0) is 16.1. The molecule has 1 atom stereocenters. The summed E-state index contributed by atoms with van der Waals surface area (Å²) in [4.78, 5) is 18.7. The molecule has 8 nitrogen and oxygen atoms in total. The number of hydrogen-bond donors (Lipinski definition) is 0. The van der Waals surface area contributed by atoms with Gasteiger partial charge >= 0.3 is 12.0 Å². The maximum Gasteiger partial charge on any atom is 0.324 e. The molecule has 3 rings (SSSR count). The smallest absolute Gasteiger partial charge is 0.324 e. The molecule has 122 valence electrons. The second-order valence-corrected chi connectivity index (χ2v) is 5.13. The first kappa shape index (κ1) is 15.3. The summed E-state index contributed by atoms with van der Waals surface area (Å²) in [5.74, 6) is 1.30. The monoisotopic (exact) mass is 317 g/mol. The lowest BCUT2D eigenvalue weighted by Crippen LogP contribution is -2.42. The van der Waals surface area contributed by atoms with Crippen LogP contribution in [0.1, 0.15) is 12.8 Å². The Morgan fingerprint density at radius 2 is 1.91 bits per heavy atom. The molecule has 2 aromatic rings. The van der Waals surface area contributed by atoms with Gasteiger partial charge in [-0.2, -0.15) is 9.97 Å². The standard InChI is InChI=1S/C15H19N5O3/c1-21-14-17-13(18-15(19-14)22-2)20-8-4-6-12(10-20)23-11-5-3-7-16-9-11/h3,5,7,9,12H,4,6,8,10H2,1-2H3. The first-order valence-corrected chi connectivity index (χ1v) is 7.44. The van der Waals surface area contributed by atoms with E-state index < -0.39 is 0 Å². The number of anilines is 1. The van der Waals surface area contributed by atoms with E-state index in [9.17, 15) is 0 Å². The van der Waals surface area contributed by atoms with E-state index in [1.54, 1.807) is 12.4 Å². The van der Waals surface area contributed by atoms with Crippen molar-refractivity contribution in [2.24, 2.45) is 0 Å². The zero-order valence-corrected chi connectivity index (χ0v) is 13.2. The molecule has 0 saturated carbocycles. The first-order chi connectivity index (χ1) is 11.3. The molecule has 0 spiro atoms. The lowest BCUT2D eigenvalue weighted by molar-refractivity contribution is 0.177. The predicted octanol–water partition coefficient (Wildman–Crippen LogP) is 1.33. The molecule has 1 unspecified atom stereocenters. The molecule has 1 fully saturated rings. The van der Waals surface area contributed by atoms with Gasteiger partial charge in [0.05, 0.1) is 27.0 Å². The van der Waals surface area contributed by atoms with Crippen molar-refractivity contribution in [1.82, 2.24) is 19.9 Å². The molecule has 0 aromatic carbocycles. The Labute approximate surface area is 134 Å². The maximum atomic E-state index is 5.98. The fourth-order valence-corrected chi connectivity index (χ4v) is 2.48. The van der Waals surface area contributed by atoms with E-state index in [1.807, 2.05) is 12.1 Å². The summed E-state index contributed by atoms with van der Waals surface area (Å²) in [7, 11) is 3.03. The highest BCUT2D eigenvalue weighted by Gasteiger charge is 2.24. The summed E-state index contributed by atoms with van der Waals surface area (Å²) in [6, 6.07) is 4.24. The summed E-state index contributed by atoms with van der Waals surface area (Å²) in [5, 5.41) is 0. The molecule has 23 heavy (non-hydrogen) atoms. The van der Waals surface area contributed by atoms with Crippen molar-refractivity contribution in [1.29, 1.82) is 0 Å².